The molecule has 1 aromatic rings. The van der Waals surface area contributed by atoms with Crippen LogP contribution in [0.15, 0.2) is 23.3 Å². The van der Waals surface area contributed by atoms with E-state index < -0.39 is 11.0 Å². The van der Waals surface area contributed by atoms with Crippen LogP contribution in [-0.4, -0.2) is 58.2 Å². The molecule has 1 saturated carbocycles. The van der Waals surface area contributed by atoms with Crippen LogP contribution in [0.1, 0.15) is 57.2 Å². The lowest BCUT2D eigenvalue weighted by Crippen LogP contribution is -2.75. The van der Waals surface area contributed by atoms with Crippen LogP contribution in [0, 0.1) is 16.7 Å². The Morgan fingerprint density at radius 2 is 1.94 bits per heavy atom. The molecule has 2 heterocycles. The summed E-state index contributed by atoms with van der Waals surface area (Å²) >= 11 is 0. The highest BCUT2D eigenvalue weighted by Crippen LogP contribution is 2.75. The van der Waals surface area contributed by atoms with Crippen LogP contribution in [0.5, 0.6) is 5.75 Å². The highest BCUT2D eigenvalue weighted by molar-refractivity contribution is 5.68. The summed E-state index contributed by atoms with van der Waals surface area (Å²) in [6.07, 6.45) is 2.50. The van der Waals surface area contributed by atoms with Crippen molar-refractivity contribution >= 4 is 0 Å². The van der Waals surface area contributed by atoms with E-state index in [9.17, 15) is 15.3 Å². The van der Waals surface area contributed by atoms with Gasteiger partial charge >= 0.3 is 0 Å². The fourth-order valence-corrected chi connectivity index (χ4v) is 8.03. The van der Waals surface area contributed by atoms with Gasteiger partial charge in [0.1, 0.15) is 11.9 Å². The average molecular weight is 426 g/mol. The number of hydrogen-bond acceptors (Lipinski definition) is 5. The monoisotopic (exact) mass is 425 g/mol. The van der Waals surface area contributed by atoms with Crippen LogP contribution >= 0.6 is 0 Å². The Morgan fingerprint density at radius 3 is 2.58 bits per heavy atom. The molecule has 0 aromatic heterocycles. The third-order valence-corrected chi connectivity index (χ3v) is 9.93. The molecule has 5 heteroatoms. The van der Waals surface area contributed by atoms with E-state index in [1.54, 1.807) is 0 Å². The Kier molecular flexibility index (Phi) is 3.75. The molecular formula is C26H35NO4. The Hall–Kier alpha value is -1.40. The molecule has 4 bridgehead atoms. The fourth-order valence-electron chi connectivity index (χ4n) is 8.03. The largest absolute Gasteiger partial charge is 0.488 e. The lowest BCUT2D eigenvalue weighted by Gasteiger charge is -2.70. The molecule has 6 aliphatic rings. The summed E-state index contributed by atoms with van der Waals surface area (Å²) in [6.45, 7) is 9.18. The second-order valence-electron chi connectivity index (χ2n) is 12.0. The number of nitrogens with zero attached hydrogens (tertiary/aromatic N) is 1. The number of ether oxygens (including phenoxy) is 1. The highest BCUT2D eigenvalue weighted by atomic mass is 16.5. The van der Waals surface area contributed by atoms with Crippen molar-refractivity contribution in [2.24, 2.45) is 16.7 Å². The number of likely N-dealkylation sites (tertiary alicyclic amines) is 1. The Balaban J connectivity index is 1.67. The Morgan fingerprint density at radius 1 is 1.19 bits per heavy atom. The van der Waals surface area contributed by atoms with Crippen LogP contribution < -0.4 is 4.74 Å². The van der Waals surface area contributed by atoms with E-state index >= 15 is 0 Å². The molecule has 1 aromatic carbocycles. The lowest BCUT2D eigenvalue weighted by molar-refractivity contribution is -0.205. The molecule has 3 unspecified atom stereocenters. The van der Waals surface area contributed by atoms with Crippen molar-refractivity contribution < 1.29 is 20.1 Å². The molecule has 0 radical (unpaired) electrons. The van der Waals surface area contributed by atoms with Gasteiger partial charge in [-0.25, -0.2) is 0 Å². The van der Waals surface area contributed by atoms with Crippen molar-refractivity contribution in [3.8, 4) is 5.75 Å². The summed E-state index contributed by atoms with van der Waals surface area (Å²) in [6, 6.07) is 4.50. The molecule has 0 amide bonds. The average Bonchev–Trinajstić information content (AvgIpc) is 3.04. The van der Waals surface area contributed by atoms with Gasteiger partial charge in [-0.1, -0.05) is 38.5 Å². The van der Waals surface area contributed by atoms with E-state index in [0.29, 0.717) is 6.04 Å². The standard InChI is InChI=1S/C26H35NO4/c1-23(2,3)24(4,30)21-16-11-25(21,13-29)22-26-8-9-27(5)17(19(16)26)10-14-6-7-15(12-28)20(31-22)18(14)26/h6-7,17,21-22,28-30H,8-13H2,1-5H3/t17?,21-,22?,24+,25-,26?/m1/s1. The number of aliphatic hydroxyl groups is 3. The first kappa shape index (κ1) is 20.2. The molecule has 4 aliphatic carbocycles. The van der Waals surface area contributed by atoms with Crippen molar-refractivity contribution in [2.75, 3.05) is 20.2 Å². The van der Waals surface area contributed by atoms with E-state index in [1.165, 1.54) is 22.3 Å². The highest BCUT2D eigenvalue weighted by Gasteiger charge is 2.77. The molecule has 168 valence electrons. The Bertz CT molecular complexity index is 1020. The molecule has 7 rings (SSSR count). The van der Waals surface area contributed by atoms with Crippen molar-refractivity contribution in [3.05, 3.63) is 40.0 Å². The van der Waals surface area contributed by atoms with Gasteiger partial charge in [-0.2, -0.15) is 0 Å². The molecule has 5 nitrogen and oxygen atoms in total. The predicted octanol–water partition coefficient (Wildman–Crippen LogP) is 2.54. The smallest absolute Gasteiger partial charge is 0.129 e. The van der Waals surface area contributed by atoms with Gasteiger partial charge in [0.05, 0.1) is 24.2 Å². The zero-order valence-electron chi connectivity index (χ0n) is 19.3. The Labute approximate surface area is 184 Å². The number of benzene rings is 1. The van der Waals surface area contributed by atoms with E-state index in [1.807, 2.05) is 13.0 Å². The van der Waals surface area contributed by atoms with Gasteiger partial charge in [0, 0.05) is 28.5 Å². The van der Waals surface area contributed by atoms with Gasteiger partial charge in [-0.3, -0.25) is 4.90 Å². The maximum Gasteiger partial charge on any atom is 0.129 e. The first-order valence-corrected chi connectivity index (χ1v) is 11.7. The number of piperidine rings is 1. The molecule has 6 atom stereocenters. The van der Waals surface area contributed by atoms with E-state index in [4.69, 9.17) is 4.74 Å². The van der Waals surface area contributed by atoms with Crippen molar-refractivity contribution in [2.45, 2.75) is 76.7 Å². The van der Waals surface area contributed by atoms with Crippen LogP contribution in [0.3, 0.4) is 0 Å². The van der Waals surface area contributed by atoms with Crippen LogP contribution in [0.25, 0.3) is 0 Å². The minimum atomic E-state index is -0.969. The third kappa shape index (κ3) is 2.00. The molecule has 2 aliphatic heterocycles. The first-order chi connectivity index (χ1) is 14.5. The minimum absolute atomic E-state index is 0.00534. The fraction of sp³-hybridized carbons (Fsp3) is 0.692. The topological polar surface area (TPSA) is 73.2 Å². The molecule has 2 fully saturated rings. The van der Waals surface area contributed by atoms with Gasteiger partial charge in [-0.05, 0) is 56.3 Å². The normalized spacial score (nSPS) is 39.5. The van der Waals surface area contributed by atoms with Crippen LogP contribution in [0.4, 0.5) is 0 Å². The molecule has 1 spiro atoms. The molecule has 3 N–H and O–H groups in total. The van der Waals surface area contributed by atoms with Crippen molar-refractivity contribution in [3.63, 3.8) is 0 Å². The van der Waals surface area contributed by atoms with Gasteiger partial charge in [0.2, 0.25) is 0 Å². The third-order valence-electron chi connectivity index (χ3n) is 9.93. The second-order valence-corrected chi connectivity index (χ2v) is 12.0. The number of hydrogen-bond donors (Lipinski definition) is 3. The summed E-state index contributed by atoms with van der Waals surface area (Å²) in [5, 5.41) is 32.9. The maximum atomic E-state index is 11.9. The minimum Gasteiger partial charge on any atom is -0.488 e. The van der Waals surface area contributed by atoms with Crippen molar-refractivity contribution in [1.29, 1.82) is 0 Å². The van der Waals surface area contributed by atoms with Crippen LogP contribution in [-0.2, 0) is 18.4 Å². The SMILES string of the molecule is CN1CCC23C4=C5C[C@](CO)(C2Oc2c(CO)ccc(c23)CC41)[C@H]5[C@](C)(O)C(C)(C)C. The first-order valence-electron chi connectivity index (χ1n) is 11.7. The second kappa shape index (κ2) is 5.74. The lowest BCUT2D eigenvalue weighted by atomic mass is 9.35. The van der Waals surface area contributed by atoms with Gasteiger partial charge < -0.3 is 20.1 Å². The van der Waals surface area contributed by atoms with E-state index in [0.717, 1.165) is 37.1 Å². The summed E-state index contributed by atoms with van der Waals surface area (Å²) in [5.41, 5.74) is 4.21. The van der Waals surface area contributed by atoms with E-state index in [-0.39, 0.29) is 36.1 Å². The quantitative estimate of drug-likeness (QED) is 0.649. The molecule has 1 saturated heterocycles. The van der Waals surface area contributed by atoms with Gasteiger partial charge in [-0.15, -0.1) is 0 Å². The van der Waals surface area contributed by atoms with Crippen molar-refractivity contribution in [1.82, 2.24) is 4.90 Å². The van der Waals surface area contributed by atoms with Gasteiger partial charge in [0.15, 0.2) is 0 Å². The zero-order chi connectivity index (χ0) is 22.1. The number of aliphatic hydroxyl groups excluding tert-OH is 2. The number of likely N-dealkylation sites (N-methyl/N-ethyl adjacent to an activating group) is 1. The summed E-state index contributed by atoms with van der Waals surface area (Å²) < 4.78 is 6.83. The van der Waals surface area contributed by atoms with Crippen LogP contribution in [0.2, 0.25) is 0 Å². The predicted molar refractivity (Wildman–Crippen MR) is 118 cm³/mol. The summed E-state index contributed by atoms with van der Waals surface area (Å²) in [5.74, 6) is 0.723. The van der Waals surface area contributed by atoms with Gasteiger partial charge in [0.25, 0.3) is 0 Å². The number of rotatable bonds is 3. The molecular weight excluding hydrogens is 390 g/mol. The maximum absolute atomic E-state index is 11.9. The summed E-state index contributed by atoms with van der Waals surface area (Å²) in [4.78, 5) is 2.47. The van der Waals surface area contributed by atoms with E-state index in [2.05, 4.69) is 38.8 Å². The summed E-state index contributed by atoms with van der Waals surface area (Å²) in [7, 11) is 2.22. The molecule has 31 heavy (non-hydrogen) atoms. The zero-order valence-corrected chi connectivity index (χ0v) is 19.3.